The van der Waals surface area contributed by atoms with E-state index in [1.807, 2.05) is 6.92 Å². The summed E-state index contributed by atoms with van der Waals surface area (Å²) in [6, 6.07) is 4.73. The van der Waals surface area contributed by atoms with Crippen LogP contribution in [0.5, 0.6) is 0 Å². The molecule has 1 heterocycles. The van der Waals surface area contributed by atoms with Gasteiger partial charge in [0.2, 0.25) is 0 Å². The summed E-state index contributed by atoms with van der Waals surface area (Å²) >= 11 is 0. The number of benzene rings is 1. The second-order valence-corrected chi connectivity index (χ2v) is 4.84. The average molecular weight is 251 g/mol. The van der Waals surface area contributed by atoms with E-state index in [0.717, 1.165) is 12.0 Å². The molecular formula is C14H18FNO2. The first kappa shape index (κ1) is 13.0. The molecule has 0 spiro atoms. The Morgan fingerprint density at radius 1 is 1.56 bits per heavy atom. The first-order valence-corrected chi connectivity index (χ1v) is 6.16. The number of carbonyl (C=O) groups is 1. The number of hydrogen-bond donors (Lipinski definition) is 0. The van der Waals surface area contributed by atoms with Gasteiger partial charge in [-0.2, -0.15) is 0 Å². The van der Waals surface area contributed by atoms with Crippen LogP contribution in [0.4, 0.5) is 4.39 Å². The molecule has 1 fully saturated rings. The predicted octanol–water partition coefficient (Wildman–Crippen LogP) is 2.24. The molecule has 0 N–H and O–H groups in total. The summed E-state index contributed by atoms with van der Waals surface area (Å²) in [7, 11) is 1.66. The van der Waals surface area contributed by atoms with E-state index in [9.17, 15) is 9.18 Å². The van der Waals surface area contributed by atoms with Gasteiger partial charge in [-0.1, -0.05) is 6.07 Å². The molecule has 2 rings (SSSR count). The van der Waals surface area contributed by atoms with E-state index in [4.69, 9.17) is 4.74 Å². The molecule has 0 saturated carbocycles. The largest absolute Gasteiger partial charge is 0.384 e. The lowest BCUT2D eigenvalue weighted by molar-refractivity contribution is 0.0771. The number of hydrogen-bond acceptors (Lipinski definition) is 2. The third-order valence-corrected chi connectivity index (χ3v) is 3.33. The zero-order chi connectivity index (χ0) is 13.1. The van der Waals surface area contributed by atoms with Gasteiger partial charge < -0.3 is 9.64 Å². The summed E-state index contributed by atoms with van der Waals surface area (Å²) in [6.45, 7) is 3.79. The Morgan fingerprint density at radius 3 is 3.00 bits per heavy atom. The summed E-state index contributed by atoms with van der Waals surface area (Å²) in [5, 5.41) is 0. The summed E-state index contributed by atoms with van der Waals surface area (Å²) in [5.74, 6) is -0.284. The van der Waals surface area contributed by atoms with Crippen molar-refractivity contribution in [3.63, 3.8) is 0 Å². The Labute approximate surface area is 107 Å². The minimum atomic E-state index is -0.435. The van der Waals surface area contributed by atoms with Crippen LogP contribution in [0.2, 0.25) is 0 Å². The van der Waals surface area contributed by atoms with Crippen molar-refractivity contribution in [3.05, 3.63) is 35.1 Å². The van der Waals surface area contributed by atoms with Crippen LogP contribution in [0.3, 0.4) is 0 Å². The number of halogens is 1. The summed E-state index contributed by atoms with van der Waals surface area (Å²) in [6.07, 6.45) is 0.924. The highest BCUT2D eigenvalue weighted by Gasteiger charge is 2.28. The molecule has 1 aromatic carbocycles. The van der Waals surface area contributed by atoms with Crippen molar-refractivity contribution in [1.82, 2.24) is 4.90 Å². The van der Waals surface area contributed by atoms with Gasteiger partial charge in [0.05, 0.1) is 12.2 Å². The quantitative estimate of drug-likeness (QED) is 0.824. The number of aryl methyl sites for hydroxylation is 1. The number of nitrogens with zero attached hydrogens (tertiary/aromatic N) is 1. The standard InChI is InChI=1S/C14H18FNO2/c1-10-3-4-12(13(15)7-10)14(17)16-6-5-11(8-16)9-18-2/h3-4,7,11H,5-6,8-9H2,1-2H3/t11-/m0/s1. The Hall–Kier alpha value is -1.42. The van der Waals surface area contributed by atoms with Crippen molar-refractivity contribution < 1.29 is 13.9 Å². The fraction of sp³-hybridized carbons (Fsp3) is 0.500. The zero-order valence-corrected chi connectivity index (χ0v) is 10.8. The third kappa shape index (κ3) is 2.70. The number of methoxy groups -OCH3 is 1. The van der Waals surface area contributed by atoms with Crippen LogP contribution in [0.25, 0.3) is 0 Å². The molecule has 1 aliphatic heterocycles. The molecule has 0 aliphatic carbocycles. The second kappa shape index (κ2) is 5.48. The first-order valence-electron chi connectivity index (χ1n) is 6.16. The van der Waals surface area contributed by atoms with E-state index in [1.165, 1.54) is 6.07 Å². The third-order valence-electron chi connectivity index (χ3n) is 3.33. The van der Waals surface area contributed by atoms with Gasteiger partial charge in [-0.25, -0.2) is 4.39 Å². The van der Waals surface area contributed by atoms with Crippen LogP contribution in [-0.2, 0) is 4.74 Å². The smallest absolute Gasteiger partial charge is 0.256 e. The molecule has 1 aromatic rings. The number of ether oxygens (including phenoxy) is 1. The SMILES string of the molecule is COC[C@H]1CCN(C(=O)c2ccc(C)cc2F)C1. The average Bonchev–Trinajstić information content (AvgIpc) is 2.77. The van der Waals surface area contributed by atoms with Gasteiger partial charge >= 0.3 is 0 Å². The molecule has 1 saturated heterocycles. The molecule has 0 unspecified atom stereocenters. The molecule has 3 nitrogen and oxygen atoms in total. The summed E-state index contributed by atoms with van der Waals surface area (Å²) in [4.78, 5) is 13.9. The molecular weight excluding hydrogens is 233 g/mol. The van der Waals surface area contributed by atoms with Gasteiger partial charge in [0.1, 0.15) is 5.82 Å². The van der Waals surface area contributed by atoms with Crippen molar-refractivity contribution in [2.75, 3.05) is 26.8 Å². The van der Waals surface area contributed by atoms with Gasteiger partial charge in [0.25, 0.3) is 5.91 Å². The van der Waals surface area contributed by atoms with Crippen LogP contribution in [0.15, 0.2) is 18.2 Å². The van der Waals surface area contributed by atoms with Gasteiger partial charge in [0.15, 0.2) is 0 Å². The number of amides is 1. The lowest BCUT2D eigenvalue weighted by Crippen LogP contribution is -2.30. The van der Waals surface area contributed by atoms with E-state index in [2.05, 4.69) is 0 Å². The number of rotatable bonds is 3. The molecule has 1 aliphatic rings. The first-order chi connectivity index (χ1) is 8.61. The molecule has 1 atom stereocenters. The van der Waals surface area contributed by atoms with Crippen LogP contribution >= 0.6 is 0 Å². The highest BCUT2D eigenvalue weighted by molar-refractivity contribution is 5.94. The Kier molecular flexibility index (Phi) is 3.97. The normalized spacial score (nSPS) is 19.3. The molecule has 18 heavy (non-hydrogen) atoms. The molecule has 0 aromatic heterocycles. The second-order valence-electron chi connectivity index (χ2n) is 4.84. The highest BCUT2D eigenvalue weighted by Crippen LogP contribution is 2.20. The van der Waals surface area contributed by atoms with Crippen LogP contribution in [-0.4, -0.2) is 37.6 Å². The van der Waals surface area contributed by atoms with Crippen LogP contribution < -0.4 is 0 Å². The van der Waals surface area contributed by atoms with Crippen molar-refractivity contribution in [2.24, 2.45) is 5.92 Å². The van der Waals surface area contributed by atoms with Crippen LogP contribution in [0, 0.1) is 18.7 Å². The lowest BCUT2D eigenvalue weighted by Gasteiger charge is -2.17. The Morgan fingerprint density at radius 2 is 2.33 bits per heavy atom. The highest BCUT2D eigenvalue weighted by atomic mass is 19.1. The Bertz CT molecular complexity index is 447. The maximum atomic E-state index is 13.7. The Balaban J connectivity index is 2.08. The molecule has 1 amide bonds. The van der Waals surface area contributed by atoms with E-state index in [0.29, 0.717) is 25.6 Å². The van der Waals surface area contributed by atoms with E-state index < -0.39 is 5.82 Å². The van der Waals surface area contributed by atoms with Crippen molar-refractivity contribution in [3.8, 4) is 0 Å². The molecule has 0 radical (unpaired) electrons. The van der Waals surface area contributed by atoms with Gasteiger partial charge in [-0.3, -0.25) is 4.79 Å². The maximum absolute atomic E-state index is 13.7. The fourth-order valence-electron chi connectivity index (χ4n) is 2.35. The van der Waals surface area contributed by atoms with Crippen molar-refractivity contribution in [1.29, 1.82) is 0 Å². The van der Waals surface area contributed by atoms with Gasteiger partial charge in [-0.05, 0) is 31.0 Å². The topological polar surface area (TPSA) is 29.5 Å². The fourth-order valence-corrected chi connectivity index (χ4v) is 2.35. The van der Waals surface area contributed by atoms with E-state index >= 15 is 0 Å². The minimum Gasteiger partial charge on any atom is -0.384 e. The van der Waals surface area contributed by atoms with E-state index in [-0.39, 0.29) is 11.5 Å². The lowest BCUT2D eigenvalue weighted by atomic mass is 10.1. The predicted molar refractivity (Wildman–Crippen MR) is 67.0 cm³/mol. The number of likely N-dealkylation sites (tertiary alicyclic amines) is 1. The number of carbonyl (C=O) groups excluding carboxylic acids is 1. The zero-order valence-electron chi connectivity index (χ0n) is 10.8. The van der Waals surface area contributed by atoms with Gasteiger partial charge in [-0.15, -0.1) is 0 Å². The van der Waals surface area contributed by atoms with Crippen molar-refractivity contribution in [2.45, 2.75) is 13.3 Å². The molecule has 4 heteroatoms. The monoisotopic (exact) mass is 251 g/mol. The molecule has 0 bridgehead atoms. The minimum absolute atomic E-state index is 0.165. The van der Waals surface area contributed by atoms with E-state index in [1.54, 1.807) is 24.1 Å². The van der Waals surface area contributed by atoms with Crippen LogP contribution in [0.1, 0.15) is 22.3 Å². The van der Waals surface area contributed by atoms with Gasteiger partial charge in [0, 0.05) is 26.1 Å². The maximum Gasteiger partial charge on any atom is 0.256 e. The van der Waals surface area contributed by atoms with Crippen molar-refractivity contribution >= 4 is 5.91 Å². The molecule has 98 valence electrons. The summed E-state index contributed by atoms with van der Waals surface area (Å²) in [5.41, 5.74) is 0.987. The summed E-state index contributed by atoms with van der Waals surface area (Å²) < 4.78 is 18.8.